The maximum Gasteiger partial charge on any atom is 0.251 e. The zero-order valence-corrected chi connectivity index (χ0v) is 18.2. The summed E-state index contributed by atoms with van der Waals surface area (Å²) in [5.74, 6) is -0.599. The zero-order chi connectivity index (χ0) is 22.3. The van der Waals surface area contributed by atoms with Crippen LogP contribution in [0, 0.1) is 0 Å². The van der Waals surface area contributed by atoms with Crippen molar-refractivity contribution in [3.8, 4) is 0 Å². The second-order valence-corrected chi connectivity index (χ2v) is 8.64. The van der Waals surface area contributed by atoms with Crippen LogP contribution < -0.4 is 10.6 Å². The monoisotopic (exact) mass is 434 g/mol. The highest BCUT2D eigenvalue weighted by molar-refractivity contribution is 5.98. The Morgan fingerprint density at radius 2 is 1.78 bits per heavy atom. The molecule has 2 heterocycles. The van der Waals surface area contributed by atoms with Crippen LogP contribution in [0.3, 0.4) is 0 Å². The van der Waals surface area contributed by atoms with E-state index >= 15 is 0 Å². The molecular weight excluding hydrogens is 404 g/mol. The number of hydrogen-bond donors (Lipinski definition) is 2. The van der Waals surface area contributed by atoms with Crippen molar-refractivity contribution in [3.05, 3.63) is 66.0 Å². The van der Waals surface area contributed by atoms with Crippen LogP contribution in [-0.4, -0.2) is 52.3 Å². The van der Waals surface area contributed by atoms with Gasteiger partial charge in [-0.3, -0.25) is 19.4 Å². The van der Waals surface area contributed by atoms with E-state index in [1.807, 2.05) is 18.2 Å². The number of carbonyl (C=O) groups is 3. The van der Waals surface area contributed by atoms with Gasteiger partial charge in [0.2, 0.25) is 11.8 Å². The maximum atomic E-state index is 13.6. The maximum absolute atomic E-state index is 13.6. The van der Waals surface area contributed by atoms with E-state index in [4.69, 9.17) is 0 Å². The minimum absolute atomic E-state index is 0.0720. The SMILES string of the molecule is O=C(N[C@@H](Cc1cccnc1)C(=O)N1CCC[C@H]1C(=O)NC1CCCC1)c1ccccc1. The summed E-state index contributed by atoms with van der Waals surface area (Å²) in [6, 6.07) is 11.5. The number of nitrogens with zero attached hydrogens (tertiary/aromatic N) is 2. The molecule has 1 aliphatic carbocycles. The number of likely N-dealkylation sites (tertiary alicyclic amines) is 1. The number of pyridine rings is 1. The van der Waals surface area contributed by atoms with Crippen LogP contribution in [0.15, 0.2) is 54.9 Å². The molecule has 168 valence electrons. The highest BCUT2D eigenvalue weighted by Crippen LogP contribution is 2.22. The molecule has 3 amide bonds. The largest absolute Gasteiger partial charge is 0.352 e. The first-order valence-electron chi connectivity index (χ1n) is 11.5. The lowest BCUT2D eigenvalue weighted by atomic mass is 10.0. The number of benzene rings is 1. The third kappa shape index (κ3) is 5.33. The molecular formula is C25H30N4O3. The van der Waals surface area contributed by atoms with Crippen LogP contribution >= 0.6 is 0 Å². The lowest BCUT2D eigenvalue weighted by molar-refractivity contribution is -0.140. The highest BCUT2D eigenvalue weighted by atomic mass is 16.2. The summed E-state index contributed by atoms with van der Waals surface area (Å²) in [5.41, 5.74) is 1.35. The van der Waals surface area contributed by atoms with Gasteiger partial charge in [0.15, 0.2) is 0 Å². The third-order valence-electron chi connectivity index (χ3n) is 6.34. The van der Waals surface area contributed by atoms with Crippen molar-refractivity contribution in [2.75, 3.05) is 6.54 Å². The molecule has 1 aromatic heterocycles. The Kier molecular flexibility index (Phi) is 7.14. The predicted molar refractivity (Wildman–Crippen MR) is 121 cm³/mol. The lowest BCUT2D eigenvalue weighted by Crippen LogP contribution is -2.55. The molecule has 4 rings (SSSR count). The molecule has 1 saturated heterocycles. The van der Waals surface area contributed by atoms with Gasteiger partial charge in [0.05, 0.1) is 0 Å². The molecule has 0 unspecified atom stereocenters. The van der Waals surface area contributed by atoms with Gasteiger partial charge in [0, 0.05) is 37.0 Å². The molecule has 32 heavy (non-hydrogen) atoms. The van der Waals surface area contributed by atoms with Crippen LogP contribution in [0.4, 0.5) is 0 Å². The molecule has 0 radical (unpaired) electrons. The highest BCUT2D eigenvalue weighted by Gasteiger charge is 2.38. The molecule has 2 N–H and O–H groups in total. The van der Waals surface area contributed by atoms with Gasteiger partial charge in [-0.15, -0.1) is 0 Å². The Morgan fingerprint density at radius 1 is 1.00 bits per heavy atom. The predicted octanol–water partition coefficient (Wildman–Crippen LogP) is 2.47. The smallest absolute Gasteiger partial charge is 0.251 e. The van der Waals surface area contributed by atoms with E-state index < -0.39 is 12.1 Å². The van der Waals surface area contributed by atoms with Gasteiger partial charge >= 0.3 is 0 Å². The van der Waals surface area contributed by atoms with Gasteiger partial charge in [0.1, 0.15) is 12.1 Å². The molecule has 1 saturated carbocycles. The van der Waals surface area contributed by atoms with E-state index in [0.29, 0.717) is 24.9 Å². The Morgan fingerprint density at radius 3 is 2.50 bits per heavy atom. The van der Waals surface area contributed by atoms with Crippen molar-refractivity contribution in [2.45, 2.75) is 63.1 Å². The topological polar surface area (TPSA) is 91.4 Å². The molecule has 7 nitrogen and oxygen atoms in total. The van der Waals surface area contributed by atoms with E-state index in [-0.39, 0.29) is 23.8 Å². The minimum Gasteiger partial charge on any atom is -0.352 e. The van der Waals surface area contributed by atoms with E-state index in [0.717, 1.165) is 37.7 Å². The van der Waals surface area contributed by atoms with E-state index in [1.54, 1.807) is 41.6 Å². The first-order valence-corrected chi connectivity index (χ1v) is 11.5. The van der Waals surface area contributed by atoms with Crippen molar-refractivity contribution in [1.82, 2.24) is 20.5 Å². The van der Waals surface area contributed by atoms with E-state index in [9.17, 15) is 14.4 Å². The summed E-state index contributed by atoms with van der Waals surface area (Å²) >= 11 is 0. The van der Waals surface area contributed by atoms with Crippen molar-refractivity contribution >= 4 is 17.7 Å². The summed E-state index contributed by atoms with van der Waals surface area (Å²) in [6.45, 7) is 0.520. The first-order chi connectivity index (χ1) is 15.6. The van der Waals surface area contributed by atoms with Crippen molar-refractivity contribution in [2.24, 2.45) is 0 Å². The Hall–Kier alpha value is -3.22. The van der Waals surface area contributed by atoms with E-state index in [2.05, 4.69) is 15.6 Å². The van der Waals surface area contributed by atoms with Crippen molar-refractivity contribution in [3.63, 3.8) is 0 Å². The van der Waals surface area contributed by atoms with Gasteiger partial charge in [-0.2, -0.15) is 0 Å². The molecule has 0 bridgehead atoms. The second kappa shape index (κ2) is 10.4. The summed E-state index contributed by atoms with van der Waals surface area (Å²) < 4.78 is 0. The number of aromatic nitrogens is 1. The average Bonchev–Trinajstić information content (AvgIpc) is 3.51. The number of rotatable bonds is 7. The molecule has 2 aliphatic rings. The van der Waals surface area contributed by atoms with Crippen LogP contribution in [0.5, 0.6) is 0 Å². The molecule has 0 spiro atoms. The van der Waals surface area contributed by atoms with Crippen LogP contribution in [0.25, 0.3) is 0 Å². The van der Waals surface area contributed by atoms with Gasteiger partial charge < -0.3 is 15.5 Å². The zero-order valence-electron chi connectivity index (χ0n) is 18.2. The quantitative estimate of drug-likeness (QED) is 0.700. The first kappa shape index (κ1) is 22.0. The van der Waals surface area contributed by atoms with Crippen LogP contribution in [-0.2, 0) is 16.0 Å². The fraction of sp³-hybridized carbons (Fsp3) is 0.440. The number of amides is 3. The minimum atomic E-state index is -0.771. The summed E-state index contributed by atoms with van der Waals surface area (Å²) in [4.78, 5) is 45.1. The third-order valence-corrected chi connectivity index (χ3v) is 6.34. The lowest BCUT2D eigenvalue weighted by Gasteiger charge is -2.29. The second-order valence-electron chi connectivity index (χ2n) is 8.64. The number of nitrogens with one attached hydrogen (secondary N) is 2. The fourth-order valence-corrected chi connectivity index (χ4v) is 4.66. The van der Waals surface area contributed by atoms with Gasteiger partial charge in [-0.25, -0.2) is 0 Å². The van der Waals surface area contributed by atoms with Crippen molar-refractivity contribution < 1.29 is 14.4 Å². The van der Waals surface area contributed by atoms with E-state index in [1.165, 1.54) is 0 Å². The molecule has 2 fully saturated rings. The summed E-state index contributed by atoms with van der Waals surface area (Å²) in [6.07, 6.45) is 9.40. The number of hydrogen-bond acceptors (Lipinski definition) is 4. The van der Waals surface area contributed by atoms with Gasteiger partial charge in [-0.1, -0.05) is 37.1 Å². The summed E-state index contributed by atoms with van der Waals surface area (Å²) in [7, 11) is 0. The standard InChI is InChI=1S/C25H30N4O3/c30-23(19-9-2-1-3-10-19)28-21(16-18-8-6-14-26-17-18)25(32)29-15-7-13-22(29)24(31)27-20-11-4-5-12-20/h1-3,6,8-10,14,17,20-22H,4-5,7,11-13,15-16H2,(H,27,31)(H,28,30)/t21-,22-/m0/s1. The Balaban J connectivity index is 1.50. The molecule has 7 heteroatoms. The molecule has 2 atom stereocenters. The molecule has 1 aromatic carbocycles. The van der Waals surface area contributed by atoms with Crippen LogP contribution in [0.2, 0.25) is 0 Å². The summed E-state index contributed by atoms with van der Waals surface area (Å²) in [5, 5.41) is 6.03. The van der Waals surface area contributed by atoms with Gasteiger partial charge in [-0.05, 0) is 49.4 Å². The normalized spacial score (nSPS) is 19.5. The molecule has 2 aromatic rings. The fourth-order valence-electron chi connectivity index (χ4n) is 4.66. The van der Waals surface area contributed by atoms with Gasteiger partial charge in [0.25, 0.3) is 5.91 Å². The Labute approximate surface area is 188 Å². The van der Waals surface area contributed by atoms with Crippen LogP contribution in [0.1, 0.15) is 54.4 Å². The average molecular weight is 435 g/mol. The Bertz CT molecular complexity index is 929. The number of carbonyl (C=O) groups excluding carboxylic acids is 3. The van der Waals surface area contributed by atoms with Crippen molar-refractivity contribution in [1.29, 1.82) is 0 Å². The molecule has 1 aliphatic heterocycles.